The van der Waals surface area contributed by atoms with Crippen molar-refractivity contribution in [2.75, 3.05) is 14.1 Å². The maximum Gasteiger partial charge on any atom is 0.253 e. The first-order chi connectivity index (χ1) is 12.5. The van der Waals surface area contributed by atoms with E-state index in [2.05, 4.69) is 10.1 Å². The van der Waals surface area contributed by atoms with Crippen LogP contribution in [-0.2, 0) is 12.8 Å². The van der Waals surface area contributed by atoms with Crippen LogP contribution in [0.25, 0.3) is 11.1 Å². The molecule has 0 amide bonds. The molecule has 3 rings (SSSR count). The Balaban J connectivity index is 1.63. The lowest BCUT2D eigenvalue weighted by atomic mass is 10.0. The molecular formula is C20H21FN4O. The van der Waals surface area contributed by atoms with E-state index in [-0.39, 0.29) is 5.82 Å². The number of aryl methyl sites for hydroxylation is 2. The van der Waals surface area contributed by atoms with E-state index >= 15 is 0 Å². The Morgan fingerprint density at radius 1 is 1.12 bits per heavy atom. The fourth-order valence-corrected chi connectivity index (χ4v) is 2.50. The van der Waals surface area contributed by atoms with Crippen molar-refractivity contribution < 1.29 is 8.91 Å². The minimum absolute atomic E-state index is 0.215. The molecule has 3 aromatic rings. The van der Waals surface area contributed by atoms with E-state index in [1.54, 1.807) is 37.2 Å². The summed E-state index contributed by atoms with van der Waals surface area (Å²) >= 11 is 0. The van der Waals surface area contributed by atoms with Crippen molar-refractivity contribution >= 4 is 11.8 Å². The Bertz CT molecular complexity index is 900. The Hall–Kier alpha value is -3.15. The third kappa shape index (κ3) is 4.27. The van der Waals surface area contributed by atoms with Gasteiger partial charge in [-0.2, -0.15) is 4.99 Å². The average molecular weight is 352 g/mol. The molecule has 0 radical (unpaired) electrons. The minimum Gasteiger partial charge on any atom is -0.369 e. The molecule has 6 heteroatoms. The van der Waals surface area contributed by atoms with Crippen LogP contribution in [0.5, 0.6) is 0 Å². The molecule has 0 aliphatic carbocycles. The lowest BCUT2D eigenvalue weighted by Crippen LogP contribution is -2.29. The number of hydrogen-bond acceptors (Lipinski definition) is 3. The molecule has 0 bridgehead atoms. The molecule has 0 fully saturated rings. The van der Waals surface area contributed by atoms with Gasteiger partial charge in [0.15, 0.2) is 5.96 Å². The first kappa shape index (κ1) is 17.7. The van der Waals surface area contributed by atoms with E-state index < -0.39 is 0 Å². The van der Waals surface area contributed by atoms with Crippen molar-refractivity contribution in [1.82, 2.24) is 10.1 Å². The van der Waals surface area contributed by atoms with E-state index in [4.69, 9.17) is 10.3 Å². The normalized spacial score (nSPS) is 11.6. The van der Waals surface area contributed by atoms with Gasteiger partial charge in [-0.3, -0.25) is 0 Å². The number of nitrogens with two attached hydrogens (primary N) is 1. The minimum atomic E-state index is -0.215. The van der Waals surface area contributed by atoms with Crippen LogP contribution < -0.4 is 5.73 Å². The Morgan fingerprint density at radius 2 is 1.85 bits per heavy atom. The fraction of sp³-hybridized carbons (Fsp3) is 0.200. The van der Waals surface area contributed by atoms with Gasteiger partial charge in [-0.1, -0.05) is 47.6 Å². The maximum atomic E-state index is 13.8. The van der Waals surface area contributed by atoms with E-state index in [0.29, 0.717) is 17.4 Å². The smallest absolute Gasteiger partial charge is 0.253 e. The summed E-state index contributed by atoms with van der Waals surface area (Å²) in [5.41, 5.74) is 9.19. The molecule has 0 saturated carbocycles. The van der Waals surface area contributed by atoms with Crippen LogP contribution in [0.2, 0.25) is 0 Å². The second-order valence-electron chi connectivity index (χ2n) is 6.20. The quantitative estimate of drug-likeness (QED) is 0.561. The van der Waals surface area contributed by atoms with Crippen molar-refractivity contribution in [2.45, 2.75) is 12.8 Å². The van der Waals surface area contributed by atoms with Gasteiger partial charge < -0.3 is 15.2 Å². The molecule has 26 heavy (non-hydrogen) atoms. The van der Waals surface area contributed by atoms with Crippen molar-refractivity contribution in [3.05, 3.63) is 71.7 Å². The van der Waals surface area contributed by atoms with Crippen LogP contribution in [0.1, 0.15) is 11.3 Å². The topological polar surface area (TPSA) is 67.7 Å². The van der Waals surface area contributed by atoms with Gasteiger partial charge in [0.2, 0.25) is 0 Å². The van der Waals surface area contributed by atoms with Crippen LogP contribution in [0.15, 0.2) is 64.1 Å². The highest BCUT2D eigenvalue weighted by Gasteiger charge is 2.07. The summed E-state index contributed by atoms with van der Waals surface area (Å²) in [4.78, 5) is 5.84. The molecule has 5 nitrogen and oxygen atoms in total. The molecule has 0 unspecified atom stereocenters. The largest absolute Gasteiger partial charge is 0.369 e. The Labute approximate surface area is 151 Å². The number of hydrogen-bond donors (Lipinski definition) is 1. The van der Waals surface area contributed by atoms with E-state index in [9.17, 15) is 4.39 Å². The Kier molecular flexibility index (Phi) is 5.31. The lowest BCUT2D eigenvalue weighted by molar-refractivity contribution is 0.420. The van der Waals surface area contributed by atoms with Gasteiger partial charge >= 0.3 is 0 Å². The highest BCUT2D eigenvalue weighted by molar-refractivity contribution is 5.79. The standard InChI is InChI=1S/C20H21FN4O/c1-25(2)20(22)23-19-13-16(24-26-19)12-9-14-7-10-15(11-8-14)17-5-3-4-6-18(17)21/h3-8,10-11,13H,9,12H2,1-2H3,(H2,22,23). The van der Waals surface area contributed by atoms with Gasteiger partial charge in [0.25, 0.3) is 5.88 Å². The van der Waals surface area contributed by atoms with E-state index in [1.165, 1.54) is 6.07 Å². The first-order valence-electron chi connectivity index (χ1n) is 8.34. The fourth-order valence-electron chi connectivity index (χ4n) is 2.50. The van der Waals surface area contributed by atoms with Gasteiger partial charge in [-0.15, -0.1) is 0 Å². The summed E-state index contributed by atoms with van der Waals surface area (Å²) < 4.78 is 19.0. The molecule has 0 atom stereocenters. The average Bonchev–Trinajstić information content (AvgIpc) is 3.08. The molecule has 2 N–H and O–H groups in total. The van der Waals surface area contributed by atoms with E-state index in [1.807, 2.05) is 30.3 Å². The maximum absolute atomic E-state index is 13.8. The number of benzene rings is 2. The predicted octanol–water partition coefficient (Wildman–Crippen LogP) is 3.77. The lowest BCUT2D eigenvalue weighted by Gasteiger charge is -2.08. The number of halogens is 1. The number of guanidine groups is 1. The number of aromatic nitrogens is 1. The number of nitrogens with zero attached hydrogens (tertiary/aromatic N) is 3. The van der Waals surface area contributed by atoms with Gasteiger partial charge in [0.1, 0.15) is 5.82 Å². The van der Waals surface area contributed by atoms with Crippen molar-refractivity contribution in [3.8, 4) is 11.1 Å². The second-order valence-corrected chi connectivity index (χ2v) is 6.20. The molecule has 0 aliphatic heterocycles. The highest BCUT2D eigenvalue weighted by Crippen LogP contribution is 2.23. The van der Waals surface area contributed by atoms with Crippen molar-refractivity contribution in [1.29, 1.82) is 0 Å². The number of aliphatic imine (C=N–C) groups is 1. The van der Waals surface area contributed by atoms with Crippen LogP contribution in [-0.4, -0.2) is 30.1 Å². The van der Waals surface area contributed by atoms with Gasteiger partial charge in [0, 0.05) is 25.7 Å². The molecular weight excluding hydrogens is 331 g/mol. The molecule has 1 heterocycles. The summed E-state index contributed by atoms with van der Waals surface area (Å²) in [6, 6.07) is 16.4. The van der Waals surface area contributed by atoms with Crippen molar-refractivity contribution in [3.63, 3.8) is 0 Å². The van der Waals surface area contributed by atoms with Crippen LogP contribution in [0, 0.1) is 5.82 Å². The van der Waals surface area contributed by atoms with Gasteiger partial charge in [-0.25, -0.2) is 4.39 Å². The third-order valence-corrected chi connectivity index (χ3v) is 4.04. The van der Waals surface area contributed by atoms with E-state index in [0.717, 1.165) is 29.7 Å². The number of rotatable bonds is 5. The SMILES string of the molecule is CN(C)C(N)=Nc1cc(CCc2ccc(-c3ccccc3F)cc2)no1. The second kappa shape index (κ2) is 7.82. The first-order valence-corrected chi connectivity index (χ1v) is 8.34. The Morgan fingerprint density at radius 3 is 2.54 bits per heavy atom. The van der Waals surface area contributed by atoms with Crippen molar-refractivity contribution in [2.24, 2.45) is 10.7 Å². The zero-order valence-corrected chi connectivity index (χ0v) is 14.8. The predicted molar refractivity (Wildman–Crippen MR) is 101 cm³/mol. The van der Waals surface area contributed by atoms with Crippen LogP contribution in [0.3, 0.4) is 0 Å². The molecule has 2 aromatic carbocycles. The van der Waals surface area contributed by atoms with Gasteiger partial charge in [0.05, 0.1) is 5.69 Å². The summed E-state index contributed by atoms with van der Waals surface area (Å²) in [6.45, 7) is 0. The zero-order valence-electron chi connectivity index (χ0n) is 14.8. The summed E-state index contributed by atoms with van der Waals surface area (Å²) in [6.07, 6.45) is 1.52. The molecule has 1 aromatic heterocycles. The zero-order chi connectivity index (χ0) is 18.5. The summed E-state index contributed by atoms with van der Waals surface area (Å²) in [7, 11) is 3.61. The van der Waals surface area contributed by atoms with Gasteiger partial charge in [-0.05, 0) is 30.0 Å². The van der Waals surface area contributed by atoms with Crippen LogP contribution in [0.4, 0.5) is 10.3 Å². The molecule has 134 valence electrons. The monoisotopic (exact) mass is 352 g/mol. The summed E-state index contributed by atoms with van der Waals surface area (Å²) in [5.74, 6) is 0.533. The highest BCUT2D eigenvalue weighted by atomic mass is 19.1. The third-order valence-electron chi connectivity index (χ3n) is 4.04. The molecule has 0 spiro atoms. The summed E-state index contributed by atoms with van der Waals surface area (Å²) in [5, 5.41) is 4.01. The molecule has 0 aliphatic rings. The molecule has 0 saturated heterocycles. The van der Waals surface area contributed by atoms with Crippen LogP contribution >= 0.6 is 0 Å².